The number of nitrogens with zero attached hydrogens (tertiary/aromatic N) is 1. The highest BCUT2D eigenvalue weighted by Crippen LogP contribution is 2.53. The summed E-state index contributed by atoms with van der Waals surface area (Å²) in [5, 5.41) is 3.09. The van der Waals surface area contributed by atoms with Crippen molar-refractivity contribution in [1.29, 1.82) is 0 Å². The van der Waals surface area contributed by atoms with Crippen LogP contribution < -0.4 is 20.5 Å². The quantitative estimate of drug-likeness (QED) is 0.735. The minimum Gasteiger partial charge on any atom is -0.490 e. The Hall–Kier alpha value is -2.65. The fourth-order valence-electron chi connectivity index (χ4n) is 4.60. The molecule has 0 bridgehead atoms. The maximum atomic E-state index is 12.8. The Bertz CT molecular complexity index is 912. The zero-order valence-electron chi connectivity index (χ0n) is 17.6. The molecule has 1 aromatic rings. The van der Waals surface area contributed by atoms with Crippen LogP contribution in [0.4, 0.5) is 13.2 Å². The third kappa shape index (κ3) is 4.12. The smallest absolute Gasteiger partial charge is 0.490 e. The van der Waals surface area contributed by atoms with E-state index in [2.05, 4.69) is 15.0 Å². The van der Waals surface area contributed by atoms with Gasteiger partial charge in [0.05, 0.1) is 0 Å². The summed E-state index contributed by atoms with van der Waals surface area (Å²) in [6.45, 7) is 5.61. The first-order valence-corrected chi connectivity index (χ1v) is 10.2. The summed E-state index contributed by atoms with van der Waals surface area (Å²) in [6.07, 6.45) is -3.11. The minimum absolute atomic E-state index is 0.0189. The van der Waals surface area contributed by atoms with Crippen LogP contribution in [0.5, 0.6) is 11.5 Å². The third-order valence-corrected chi connectivity index (χ3v) is 6.10. The fourth-order valence-corrected chi connectivity index (χ4v) is 4.60. The lowest BCUT2D eigenvalue weighted by molar-refractivity contribution is -0.274. The number of amides is 1. The van der Waals surface area contributed by atoms with Gasteiger partial charge in [-0.1, -0.05) is 20.8 Å². The van der Waals surface area contributed by atoms with Crippen LogP contribution in [0.15, 0.2) is 23.2 Å². The van der Waals surface area contributed by atoms with Gasteiger partial charge in [-0.3, -0.25) is 4.79 Å². The van der Waals surface area contributed by atoms with Crippen molar-refractivity contribution in [3.63, 3.8) is 0 Å². The van der Waals surface area contributed by atoms with Gasteiger partial charge in [0.1, 0.15) is 29.7 Å². The summed E-state index contributed by atoms with van der Waals surface area (Å²) < 4.78 is 54.1. The van der Waals surface area contributed by atoms with E-state index in [9.17, 15) is 18.0 Å². The maximum Gasteiger partial charge on any atom is 0.573 e. The van der Waals surface area contributed by atoms with Gasteiger partial charge >= 0.3 is 6.36 Å². The minimum atomic E-state index is -4.82. The molecule has 0 radical (unpaired) electrons. The topological polar surface area (TPSA) is 95.2 Å². The highest BCUT2D eigenvalue weighted by atomic mass is 19.4. The molecule has 1 spiro atoms. The molecular formula is C21H26F3N3O4. The van der Waals surface area contributed by atoms with Crippen LogP contribution in [0.25, 0.3) is 0 Å². The molecule has 0 saturated heterocycles. The summed E-state index contributed by atoms with van der Waals surface area (Å²) in [4.78, 5) is 17.0. The van der Waals surface area contributed by atoms with E-state index >= 15 is 0 Å². The molecule has 1 amide bonds. The predicted octanol–water partition coefficient (Wildman–Crippen LogP) is 3.22. The van der Waals surface area contributed by atoms with Gasteiger partial charge in [0.2, 0.25) is 5.91 Å². The normalized spacial score (nSPS) is 29.9. The average molecular weight is 441 g/mol. The number of fused-ring (bicyclic) bond motifs is 4. The van der Waals surface area contributed by atoms with Crippen molar-refractivity contribution in [3.8, 4) is 11.5 Å². The van der Waals surface area contributed by atoms with E-state index in [-0.39, 0.29) is 42.3 Å². The van der Waals surface area contributed by atoms with E-state index in [4.69, 9.17) is 15.2 Å². The lowest BCUT2D eigenvalue weighted by Gasteiger charge is -2.48. The number of halogens is 3. The number of benzene rings is 1. The first-order chi connectivity index (χ1) is 14.4. The van der Waals surface area contributed by atoms with Crippen molar-refractivity contribution in [2.75, 3.05) is 6.61 Å². The molecule has 0 aromatic heterocycles. The molecule has 10 heteroatoms. The molecule has 1 saturated carbocycles. The van der Waals surface area contributed by atoms with Gasteiger partial charge in [-0.2, -0.15) is 0 Å². The monoisotopic (exact) mass is 441 g/mol. The summed E-state index contributed by atoms with van der Waals surface area (Å²) >= 11 is 0. The standard InChI is InChI=1S/C21H26F3N3O4/c1-19(2,3)17(28)26-11-4-6-15-13(8-11)20(10-29-18(25)27-20)14-9-12(31-21(22,23)24)5-7-16(14)30-15/h5,7,9,11,13,15H,4,6,8,10H2,1-3H3,(H2,25,27)(H,26,28)/t11-,13-,15-,20-/m0/s1. The van der Waals surface area contributed by atoms with Crippen molar-refractivity contribution in [2.24, 2.45) is 22.1 Å². The van der Waals surface area contributed by atoms with Crippen LogP contribution in [-0.2, 0) is 15.1 Å². The Morgan fingerprint density at radius 2 is 2.03 bits per heavy atom. The second kappa shape index (κ2) is 7.20. The van der Waals surface area contributed by atoms with Gasteiger partial charge in [0.15, 0.2) is 0 Å². The molecular weight excluding hydrogens is 415 g/mol. The predicted molar refractivity (Wildman–Crippen MR) is 106 cm³/mol. The lowest BCUT2D eigenvalue weighted by Crippen LogP contribution is -2.55. The first kappa shape index (κ1) is 21.6. The van der Waals surface area contributed by atoms with Crippen LogP contribution in [-0.4, -0.2) is 37.0 Å². The number of carbonyl (C=O) groups excluding carboxylic acids is 1. The zero-order chi connectivity index (χ0) is 22.6. The molecule has 1 fully saturated rings. The summed E-state index contributed by atoms with van der Waals surface area (Å²) in [5.41, 5.74) is 4.74. The molecule has 1 aromatic carbocycles. The Balaban J connectivity index is 1.68. The highest BCUT2D eigenvalue weighted by Gasteiger charge is 2.56. The van der Waals surface area contributed by atoms with E-state index in [0.717, 1.165) is 6.42 Å². The molecule has 170 valence electrons. The van der Waals surface area contributed by atoms with E-state index in [0.29, 0.717) is 24.2 Å². The van der Waals surface area contributed by atoms with Gasteiger partial charge in [-0.25, -0.2) is 4.99 Å². The second-order valence-corrected chi connectivity index (χ2v) is 9.36. The molecule has 7 nitrogen and oxygen atoms in total. The molecule has 0 unspecified atom stereocenters. The second-order valence-electron chi connectivity index (χ2n) is 9.36. The maximum absolute atomic E-state index is 12.8. The summed E-state index contributed by atoms with van der Waals surface area (Å²) in [7, 11) is 0. The zero-order valence-corrected chi connectivity index (χ0v) is 17.6. The number of amidine groups is 1. The number of nitrogens with two attached hydrogens (primary N) is 1. The number of carbonyl (C=O) groups is 1. The molecule has 4 rings (SSSR count). The van der Waals surface area contributed by atoms with Crippen LogP contribution in [0.2, 0.25) is 0 Å². The number of hydrogen-bond donors (Lipinski definition) is 2. The number of nitrogens with one attached hydrogen (secondary N) is 1. The molecule has 2 aliphatic heterocycles. The van der Waals surface area contributed by atoms with Gasteiger partial charge in [0, 0.05) is 22.9 Å². The third-order valence-electron chi connectivity index (χ3n) is 6.10. The number of rotatable bonds is 2. The van der Waals surface area contributed by atoms with Crippen LogP contribution in [0.3, 0.4) is 0 Å². The molecule has 1 aliphatic carbocycles. The van der Waals surface area contributed by atoms with Gasteiger partial charge in [0.25, 0.3) is 6.02 Å². The Labute approximate surface area is 178 Å². The van der Waals surface area contributed by atoms with Crippen molar-refractivity contribution >= 4 is 11.9 Å². The van der Waals surface area contributed by atoms with Gasteiger partial charge < -0.3 is 25.3 Å². The van der Waals surface area contributed by atoms with Crippen LogP contribution in [0, 0.1) is 11.3 Å². The Kier molecular flexibility index (Phi) is 5.01. The first-order valence-electron chi connectivity index (χ1n) is 10.2. The lowest BCUT2D eigenvalue weighted by atomic mass is 9.67. The van der Waals surface area contributed by atoms with Crippen LogP contribution in [0.1, 0.15) is 45.6 Å². The SMILES string of the molecule is CC(C)(C)C(=O)N[C@H]1CC[C@@H]2Oc3ccc(OC(F)(F)F)cc3[C@]3(COC(N)=N3)[C@H]2C1. The van der Waals surface area contributed by atoms with Crippen molar-refractivity contribution in [3.05, 3.63) is 23.8 Å². The van der Waals surface area contributed by atoms with Crippen molar-refractivity contribution < 1.29 is 32.2 Å². The van der Waals surface area contributed by atoms with Gasteiger partial charge in [-0.05, 0) is 37.5 Å². The van der Waals surface area contributed by atoms with E-state index in [1.807, 2.05) is 20.8 Å². The highest BCUT2D eigenvalue weighted by molar-refractivity contribution is 5.81. The number of ether oxygens (including phenoxy) is 3. The number of aliphatic imine (C=N–C) groups is 1. The van der Waals surface area contributed by atoms with Crippen molar-refractivity contribution in [2.45, 2.75) is 64.1 Å². The van der Waals surface area contributed by atoms with Crippen LogP contribution >= 0.6 is 0 Å². The van der Waals surface area contributed by atoms with Crippen molar-refractivity contribution in [1.82, 2.24) is 5.32 Å². The van der Waals surface area contributed by atoms with E-state index < -0.39 is 17.3 Å². The number of alkyl halides is 3. The fraction of sp³-hybridized carbons (Fsp3) is 0.619. The summed E-state index contributed by atoms with van der Waals surface area (Å²) in [5.74, 6) is -0.216. The Morgan fingerprint density at radius 3 is 2.65 bits per heavy atom. The molecule has 31 heavy (non-hydrogen) atoms. The van der Waals surface area contributed by atoms with Gasteiger partial charge in [-0.15, -0.1) is 13.2 Å². The van der Waals surface area contributed by atoms with E-state index in [1.54, 1.807) is 0 Å². The Morgan fingerprint density at radius 1 is 1.29 bits per heavy atom. The largest absolute Gasteiger partial charge is 0.573 e. The molecule has 2 heterocycles. The molecule has 4 atom stereocenters. The molecule has 3 N–H and O–H groups in total. The number of hydrogen-bond acceptors (Lipinski definition) is 6. The average Bonchev–Trinajstić information content (AvgIpc) is 3.03. The summed E-state index contributed by atoms with van der Waals surface area (Å²) in [6, 6.07) is 3.85. The van der Waals surface area contributed by atoms with E-state index in [1.165, 1.54) is 18.2 Å². The molecule has 3 aliphatic rings.